The van der Waals surface area contributed by atoms with Crippen molar-refractivity contribution in [1.29, 1.82) is 0 Å². The Hall–Kier alpha value is -1.84. The molecule has 25 heavy (non-hydrogen) atoms. The summed E-state index contributed by atoms with van der Waals surface area (Å²) >= 11 is 5.99. The third-order valence-electron chi connectivity index (χ3n) is 2.53. The summed E-state index contributed by atoms with van der Waals surface area (Å²) in [5.41, 5.74) is -2.01. The van der Waals surface area contributed by atoms with Crippen LogP contribution >= 0.6 is 11.6 Å². The number of aromatic nitrogens is 1. The molecule has 1 aromatic heterocycles. The van der Waals surface area contributed by atoms with Crippen LogP contribution in [0.15, 0.2) is 12.3 Å². The van der Waals surface area contributed by atoms with Gasteiger partial charge in [0.15, 0.2) is 5.15 Å². The molecule has 138 valence electrons. The second-order valence-electron chi connectivity index (χ2n) is 7.25. The number of anilines is 1. The second-order valence-corrected chi connectivity index (χ2v) is 7.61. The molecule has 0 saturated carbocycles. The summed E-state index contributed by atoms with van der Waals surface area (Å²) in [6.07, 6.45) is -0.955. The van der Waals surface area contributed by atoms with Gasteiger partial charge < -0.3 is 19.5 Å². The SMILES string of the molecule is CC(C)(C)OC(=O)N(C(=O)OC(C)(C)C)c1cc(B(O)O)cnc1Cl. The fraction of sp³-hybridized carbons (Fsp3) is 0.533. The number of hydrogen-bond acceptors (Lipinski definition) is 7. The van der Waals surface area contributed by atoms with E-state index in [1.54, 1.807) is 41.5 Å². The molecule has 2 amide bonds. The molecule has 0 bridgehead atoms. The van der Waals surface area contributed by atoms with Gasteiger partial charge in [-0.1, -0.05) is 11.6 Å². The van der Waals surface area contributed by atoms with E-state index in [9.17, 15) is 19.6 Å². The highest BCUT2D eigenvalue weighted by Crippen LogP contribution is 2.26. The molecule has 0 aliphatic carbocycles. The molecular weight excluding hydrogens is 350 g/mol. The van der Waals surface area contributed by atoms with E-state index in [0.29, 0.717) is 4.90 Å². The smallest absolute Gasteiger partial charge is 0.443 e. The predicted octanol–water partition coefficient (Wildman–Crippen LogP) is 2.09. The average Bonchev–Trinajstić information content (AvgIpc) is 2.36. The molecule has 1 heterocycles. The molecule has 0 unspecified atom stereocenters. The number of imide groups is 1. The number of hydrogen-bond donors (Lipinski definition) is 2. The van der Waals surface area contributed by atoms with Crippen LogP contribution in [-0.2, 0) is 9.47 Å². The minimum atomic E-state index is -1.86. The minimum Gasteiger partial charge on any atom is -0.443 e. The van der Waals surface area contributed by atoms with Crippen molar-refractivity contribution in [2.24, 2.45) is 0 Å². The summed E-state index contributed by atoms with van der Waals surface area (Å²) in [6.45, 7) is 9.79. The van der Waals surface area contributed by atoms with Gasteiger partial charge in [-0.25, -0.2) is 14.6 Å². The highest BCUT2D eigenvalue weighted by molar-refractivity contribution is 6.58. The maximum absolute atomic E-state index is 12.5. The fourth-order valence-corrected chi connectivity index (χ4v) is 1.82. The van der Waals surface area contributed by atoms with Gasteiger partial charge in [-0.15, -0.1) is 0 Å². The van der Waals surface area contributed by atoms with E-state index in [0.717, 1.165) is 12.3 Å². The van der Waals surface area contributed by atoms with Gasteiger partial charge in [-0.05, 0) is 47.6 Å². The van der Waals surface area contributed by atoms with Crippen molar-refractivity contribution in [3.05, 3.63) is 17.4 Å². The molecule has 0 aliphatic heterocycles. The van der Waals surface area contributed by atoms with Gasteiger partial charge >= 0.3 is 19.3 Å². The number of ether oxygens (including phenoxy) is 2. The molecule has 0 aliphatic rings. The van der Waals surface area contributed by atoms with E-state index < -0.39 is 30.5 Å². The first-order chi connectivity index (χ1) is 11.2. The Kier molecular flexibility index (Phi) is 6.44. The molecule has 2 N–H and O–H groups in total. The van der Waals surface area contributed by atoms with Crippen molar-refractivity contribution in [2.75, 3.05) is 4.90 Å². The van der Waals surface area contributed by atoms with Crippen LogP contribution in [-0.4, -0.2) is 45.5 Å². The zero-order chi connectivity index (χ0) is 19.6. The highest BCUT2D eigenvalue weighted by Gasteiger charge is 2.34. The summed E-state index contributed by atoms with van der Waals surface area (Å²) < 4.78 is 10.4. The molecule has 0 fully saturated rings. The Morgan fingerprint density at radius 2 is 1.52 bits per heavy atom. The van der Waals surface area contributed by atoms with Crippen molar-refractivity contribution in [1.82, 2.24) is 4.98 Å². The molecule has 1 aromatic rings. The molecule has 10 heteroatoms. The fourth-order valence-electron chi connectivity index (χ4n) is 1.64. The van der Waals surface area contributed by atoms with Crippen molar-refractivity contribution in [3.8, 4) is 0 Å². The number of rotatable bonds is 2. The lowest BCUT2D eigenvalue weighted by molar-refractivity contribution is 0.0430. The van der Waals surface area contributed by atoms with Gasteiger partial charge in [-0.2, -0.15) is 4.90 Å². The summed E-state index contributed by atoms with van der Waals surface area (Å²) in [5.74, 6) is 0. The number of halogens is 1. The van der Waals surface area contributed by atoms with Gasteiger partial charge in [0.05, 0.1) is 5.69 Å². The van der Waals surface area contributed by atoms with Gasteiger partial charge in [0.1, 0.15) is 11.2 Å². The Labute approximate surface area is 151 Å². The quantitative estimate of drug-likeness (QED) is 0.604. The van der Waals surface area contributed by atoms with Crippen LogP contribution in [0.5, 0.6) is 0 Å². The third kappa shape index (κ3) is 6.53. The lowest BCUT2D eigenvalue weighted by Gasteiger charge is -2.29. The van der Waals surface area contributed by atoms with Crippen LogP contribution in [0, 0.1) is 0 Å². The van der Waals surface area contributed by atoms with Crippen molar-refractivity contribution in [2.45, 2.75) is 52.7 Å². The van der Waals surface area contributed by atoms with Crippen LogP contribution in [0.25, 0.3) is 0 Å². The van der Waals surface area contributed by atoms with Gasteiger partial charge in [-0.3, -0.25) is 0 Å². The number of carbonyl (C=O) groups excluding carboxylic acids is 2. The summed E-state index contributed by atoms with van der Waals surface area (Å²) in [5, 5.41) is 18.4. The Morgan fingerprint density at radius 1 is 1.08 bits per heavy atom. The Bertz CT molecular complexity index is 626. The second kappa shape index (κ2) is 7.59. The van der Waals surface area contributed by atoms with Gasteiger partial charge in [0, 0.05) is 11.7 Å². The molecule has 0 spiro atoms. The summed E-state index contributed by atoms with van der Waals surface area (Å²) in [6, 6.07) is 1.15. The first kappa shape index (κ1) is 21.2. The molecule has 0 atom stereocenters. The van der Waals surface area contributed by atoms with Crippen LogP contribution in [0.1, 0.15) is 41.5 Å². The topological polar surface area (TPSA) is 109 Å². The summed E-state index contributed by atoms with van der Waals surface area (Å²) in [4.78, 5) is 29.4. The normalized spacial score (nSPS) is 11.7. The van der Waals surface area contributed by atoms with Gasteiger partial charge in [0.25, 0.3) is 0 Å². The number of pyridine rings is 1. The molecule has 1 rings (SSSR count). The van der Waals surface area contributed by atoms with E-state index >= 15 is 0 Å². The molecule has 0 aromatic carbocycles. The molecule has 8 nitrogen and oxygen atoms in total. The van der Waals surface area contributed by atoms with Crippen molar-refractivity contribution >= 4 is 42.1 Å². The maximum Gasteiger partial charge on any atom is 0.490 e. The number of amides is 2. The standard InChI is InChI=1S/C15H22BClN2O6/c1-14(2,3)24-12(20)19(13(21)25-15(4,5)6)10-7-9(16(22)23)8-18-11(10)17/h7-8,22-23H,1-6H3. The predicted molar refractivity (Wildman–Crippen MR) is 94.0 cm³/mol. The zero-order valence-electron chi connectivity index (χ0n) is 15.0. The first-order valence-corrected chi connectivity index (χ1v) is 7.87. The summed E-state index contributed by atoms with van der Waals surface area (Å²) in [7, 11) is -1.86. The number of nitrogens with zero attached hydrogens (tertiary/aromatic N) is 2. The van der Waals surface area contributed by atoms with Crippen LogP contribution in [0.2, 0.25) is 5.15 Å². The van der Waals surface area contributed by atoms with E-state index in [2.05, 4.69) is 4.98 Å². The minimum absolute atomic E-state index is 0.0588. The lowest BCUT2D eigenvalue weighted by Crippen LogP contribution is -2.44. The van der Waals surface area contributed by atoms with Gasteiger partial charge in [0.2, 0.25) is 0 Å². The van der Waals surface area contributed by atoms with E-state index in [4.69, 9.17) is 21.1 Å². The number of carbonyl (C=O) groups is 2. The van der Waals surface area contributed by atoms with Crippen molar-refractivity contribution in [3.63, 3.8) is 0 Å². The Balaban J connectivity index is 3.38. The van der Waals surface area contributed by atoms with Crippen LogP contribution in [0.4, 0.5) is 15.3 Å². The molecule has 0 radical (unpaired) electrons. The van der Waals surface area contributed by atoms with Crippen LogP contribution in [0.3, 0.4) is 0 Å². The molecular formula is C15H22BClN2O6. The van der Waals surface area contributed by atoms with E-state index in [1.807, 2.05) is 0 Å². The average molecular weight is 373 g/mol. The molecule has 0 saturated heterocycles. The third-order valence-corrected chi connectivity index (χ3v) is 2.82. The van der Waals surface area contributed by atoms with Crippen molar-refractivity contribution < 1.29 is 29.1 Å². The highest BCUT2D eigenvalue weighted by atomic mass is 35.5. The van der Waals surface area contributed by atoms with E-state index in [-0.39, 0.29) is 16.3 Å². The van der Waals surface area contributed by atoms with Crippen LogP contribution < -0.4 is 10.4 Å². The Morgan fingerprint density at radius 3 is 1.88 bits per heavy atom. The van der Waals surface area contributed by atoms with E-state index in [1.165, 1.54) is 0 Å². The zero-order valence-corrected chi connectivity index (χ0v) is 15.8. The first-order valence-electron chi connectivity index (χ1n) is 7.49. The lowest BCUT2D eigenvalue weighted by atomic mass is 9.81. The maximum atomic E-state index is 12.5. The monoisotopic (exact) mass is 372 g/mol. The largest absolute Gasteiger partial charge is 0.490 e.